The van der Waals surface area contributed by atoms with Crippen molar-refractivity contribution in [1.82, 2.24) is 14.7 Å². The summed E-state index contributed by atoms with van der Waals surface area (Å²) in [7, 11) is 5.92. The van der Waals surface area contributed by atoms with E-state index < -0.39 is 0 Å². The molecule has 0 N–H and O–H groups in total. The molecule has 1 aromatic heterocycles. The highest BCUT2D eigenvalue weighted by Crippen LogP contribution is 2.22. The molecule has 0 bridgehead atoms. The number of hydrogen-bond donors (Lipinski definition) is 0. The van der Waals surface area contributed by atoms with Crippen LogP contribution < -0.4 is 4.74 Å². The van der Waals surface area contributed by atoms with Crippen molar-refractivity contribution in [3.05, 3.63) is 46.2 Å². The monoisotopic (exact) mass is 351 g/mol. The van der Waals surface area contributed by atoms with Crippen LogP contribution in [0.4, 0.5) is 0 Å². The molecule has 0 aliphatic rings. The molecule has 1 aromatic carbocycles. The Bertz CT molecular complexity index is 581. The molecule has 2 rings (SSSR count). The maximum absolute atomic E-state index is 5.46. The lowest BCUT2D eigenvalue weighted by atomic mass is 10.1. The van der Waals surface area contributed by atoms with Gasteiger partial charge in [0.15, 0.2) is 0 Å². The number of hydrogen-bond acceptors (Lipinski definition) is 3. The zero-order valence-corrected chi connectivity index (χ0v) is 14.4. The van der Waals surface area contributed by atoms with Crippen LogP contribution in [0.3, 0.4) is 0 Å². The molecular formula is C16H22BrN3O. The first-order valence-electron chi connectivity index (χ1n) is 7.07. The van der Waals surface area contributed by atoms with Crippen LogP contribution >= 0.6 is 15.9 Å². The highest BCUT2D eigenvalue weighted by molar-refractivity contribution is 9.10. The predicted molar refractivity (Wildman–Crippen MR) is 88.9 cm³/mol. The van der Waals surface area contributed by atoms with E-state index in [0.29, 0.717) is 0 Å². The molecule has 2 aromatic rings. The molecule has 0 saturated carbocycles. The third-order valence-electron chi connectivity index (χ3n) is 3.35. The highest BCUT2D eigenvalue weighted by Gasteiger charge is 2.07. The van der Waals surface area contributed by atoms with Crippen molar-refractivity contribution >= 4 is 15.9 Å². The van der Waals surface area contributed by atoms with Crippen molar-refractivity contribution in [3.8, 4) is 5.75 Å². The number of rotatable bonds is 7. The van der Waals surface area contributed by atoms with Gasteiger partial charge in [-0.3, -0.25) is 4.68 Å². The highest BCUT2D eigenvalue weighted by atomic mass is 79.9. The third kappa shape index (κ3) is 4.86. The van der Waals surface area contributed by atoms with Crippen molar-refractivity contribution in [3.63, 3.8) is 0 Å². The largest absolute Gasteiger partial charge is 0.496 e. The van der Waals surface area contributed by atoms with E-state index in [-0.39, 0.29) is 0 Å². The van der Waals surface area contributed by atoms with Gasteiger partial charge >= 0.3 is 0 Å². The van der Waals surface area contributed by atoms with Crippen LogP contribution in [0.15, 0.2) is 35.1 Å². The van der Waals surface area contributed by atoms with Gasteiger partial charge in [0.25, 0.3) is 0 Å². The van der Waals surface area contributed by atoms with Gasteiger partial charge in [-0.1, -0.05) is 12.1 Å². The van der Waals surface area contributed by atoms with Crippen molar-refractivity contribution in [2.45, 2.75) is 19.4 Å². The molecule has 0 atom stereocenters. The summed E-state index contributed by atoms with van der Waals surface area (Å²) in [6.45, 7) is 1.82. The summed E-state index contributed by atoms with van der Waals surface area (Å²) in [5.41, 5.74) is 2.51. The fourth-order valence-corrected chi connectivity index (χ4v) is 2.64. The predicted octanol–water partition coefficient (Wildman–Crippen LogP) is 3.20. The molecule has 0 amide bonds. The summed E-state index contributed by atoms with van der Waals surface area (Å²) in [5.74, 6) is 0.915. The first-order valence-corrected chi connectivity index (χ1v) is 7.86. The molecular weight excluding hydrogens is 330 g/mol. The molecule has 1 heterocycles. The van der Waals surface area contributed by atoms with E-state index in [0.717, 1.165) is 41.7 Å². The molecule has 0 saturated heterocycles. The summed E-state index contributed by atoms with van der Waals surface area (Å²) in [6, 6.07) is 6.43. The second kappa shape index (κ2) is 7.61. The normalized spacial score (nSPS) is 11.1. The smallest absolute Gasteiger partial charge is 0.123 e. The Morgan fingerprint density at radius 1 is 1.33 bits per heavy atom. The van der Waals surface area contributed by atoms with Crippen LogP contribution in [-0.4, -0.2) is 42.4 Å². The summed E-state index contributed by atoms with van der Waals surface area (Å²) in [5, 5.41) is 4.31. The minimum atomic E-state index is 0.719. The fraction of sp³-hybridized carbons (Fsp3) is 0.438. The van der Waals surface area contributed by atoms with Crippen molar-refractivity contribution in [2.75, 3.05) is 27.7 Å². The molecule has 0 spiro atoms. The quantitative estimate of drug-likeness (QED) is 0.767. The molecule has 4 nitrogen and oxygen atoms in total. The molecule has 0 fully saturated rings. The van der Waals surface area contributed by atoms with Crippen LogP contribution in [0.2, 0.25) is 0 Å². The maximum Gasteiger partial charge on any atom is 0.123 e. The van der Waals surface area contributed by atoms with Crippen molar-refractivity contribution in [1.29, 1.82) is 0 Å². The number of halogens is 1. The van der Waals surface area contributed by atoms with Gasteiger partial charge in [-0.15, -0.1) is 0 Å². The van der Waals surface area contributed by atoms with Crippen molar-refractivity contribution < 1.29 is 4.74 Å². The van der Waals surface area contributed by atoms with E-state index in [1.54, 1.807) is 13.3 Å². The standard InChI is InChI=1S/C16H22BrN3O/c1-19(2)8-4-5-13-6-7-16(21-3)14(9-13)11-20-12-15(17)10-18-20/h6-7,9-10,12H,4-5,8,11H2,1-3H3. The van der Waals surface area contributed by atoms with Gasteiger partial charge in [-0.2, -0.15) is 5.10 Å². The SMILES string of the molecule is COc1ccc(CCCN(C)C)cc1Cn1cc(Br)cn1. The average molecular weight is 352 g/mol. The minimum Gasteiger partial charge on any atom is -0.496 e. The van der Waals surface area contributed by atoms with E-state index in [9.17, 15) is 0 Å². The molecule has 21 heavy (non-hydrogen) atoms. The molecule has 0 radical (unpaired) electrons. The third-order valence-corrected chi connectivity index (χ3v) is 3.76. The van der Waals surface area contributed by atoms with Crippen LogP contribution in [0.25, 0.3) is 0 Å². The van der Waals surface area contributed by atoms with Gasteiger partial charge < -0.3 is 9.64 Å². The number of methoxy groups -OCH3 is 1. The van der Waals surface area contributed by atoms with Crippen LogP contribution in [0.1, 0.15) is 17.5 Å². The van der Waals surface area contributed by atoms with E-state index >= 15 is 0 Å². The lowest BCUT2D eigenvalue weighted by molar-refractivity contribution is 0.399. The molecule has 0 aliphatic heterocycles. The van der Waals surface area contributed by atoms with Gasteiger partial charge in [-0.05, 0) is 61.0 Å². The number of aryl methyl sites for hydroxylation is 1. The summed E-state index contributed by atoms with van der Waals surface area (Å²) < 4.78 is 8.36. The maximum atomic E-state index is 5.46. The van der Waals surface area contributed by atoms with E-state index in [1.807, 2.05) is 10.9 Å². The fourth-order valence-electron chi connectivity index (χ4n) is 2.31. The second-order valence-corrected chi connectivity index (χ2v) is 6.32. The zero-order valence-electron chi connectivity index (χ0n) is 12.8. The first kappa shape index (κ1) is 16.0. The second-order valence-electron chi connectivity index (χ2n) is 5.41. The summed E-state index contributed by atoms with van der Waals surface area (Å²) >= 11 is 3.42. The molecule has 5 heteroatoms. The Hall–Kier alpha value is -1.33. The summed E-state index contributed by atoms with van der Waals surface area (Å²) in [6.07, 6.45) is 6.01. The van der Waals surface area contributed by atoms with Gasteiger partial charge in [0.05, 0.1) is 24.3 Å². The van der Waals surface area contributed by atoms with Gasteiger partial charge in [0.2, 0.25) is 0 Å². The first-order chi connectivity index (χ1) is 10.1. The Morgan fingerprint density at radius 2 is 2.14 bits per heavy atom. The van der Waals surface area contributed by atoms with Crippen LogP contribution in [-0.2, 0) is 13.0 Å². The van der Waals surface area contributed by atoms with E-state index in [2.05, 4.69) is 58.2 Å². The van der Waals surface area contributed by atoms with Crippen LogP contribution in [0.5, 0.6) is 5.75 Å². The Balaban J connectivity index is 2.10. The van der Waals surface area contributed by atoms with Gasteiger partial charge in [0, 0.05) is 11.8 Å². The molecule has 114 valence electrons. The van der Waals surface area contributed by atoms with Crippen molar-refractivity contribution in [2.24, 2.45) is 0 Å². The van der Waals surface area contributed by atoms with Gasteiger partial charge in [-0.25, -0.2) is 0 Å². The molecule has 0 aliphatic carbocycles. The minimum absolute atomic E-state index is 0.719. The topological polar surface area (TPSA) is 30.3 Å². The molecule has 0 unspecified atom stereocenters. The Kier molecular flexibility index (Phi) is 5.82. The zero-order chi connectivity index (χ0) is 15.2. The Morgan fingerprint density at radius 3 is 2.76 bits per heavy atom. The number of nitrogens with zero attached hydrogens (tertiary/aromatic N) is 3. The lowest BCUT2D eigenvalue weighted by Gasteiger charge is -2.12. The number of aromatic nitrogens is 2. The van der Waals surface area contributed by atoms with E-state index in [4.69, 9.17) is 4.74 Å². The van der Waals surface area contributed by atoms with E-state index in [1.165, 1.54) is 5.56 Å². The number of ether oxygens (including phenoxy) is 1. The summed E-state index contributed by atoms with van der Waals surface area (Å²) in [4.78, 5) is 2.21. The lowest BCUT2D eigenvalue weighted by Crippen LogP contribution is -2.13. The number of benzene rings is 1. The average Bonchev–Trinajstić information content (AvgIpc) is 2.84. The van der Waals surface area contributed by atoms with Crippen LogP contribution in [0, 0.1) is 0 Å². The van der Waals surface area contributed by atoms with Gasteiger partial charge in [0.1, 0.15) is 5.75 Å². The Labute approximate surface area is 134 Å².